The van der Waals surface area contributed by atoms with E-state index in [4.69, 9.17) is 10.2 Å². The summed E-state index contributed by atoms with van der Waals surface area (Å²) in [6, 6.07) is 4.01. The van der Waals surface area contributed by atoms with Crippen LogP contribution >= 0.6 is 0 Å². The molecule has 0 fully saturated rings. The van der Waals surface area contributed by atoms with Crippen LogP contribution in [0.5, 0.6) is 0 Å². The van der Waals surface area contributed by atoms with Gasteiger partial charge < -0.3 is 10.2 Å². The van der Waals surface area contributed by atoms with Crippen molar-refractivity contribution in [3.05, 3.63) is 41.1 Å². The van der Waals surface area contributed by atoms with Crippen molar-refractivity contribution in [1.82, 2.24) is 9.78 Å². The summed E-state index contributed by atoms with van der Waals surface area (Å²) in [5.74, 6) is 0.983. The molecular formula is C13H19N3O. The van der Waals surface area contributed by atoms with Gasteiger partial charge in [0.05, 0.1) is 12.0 Å². The Balaban J connectivity index is 2.16. The second-order valence-electron chi connectivity index (χ2n) is 4.36. The van der Waals surface area contributed by atoms with E-state index < -0.39 is 0 Å². The summed E-state index contributed by atoms with van der Waals surface area (Å²) >= 11 is 0. The van der Waals surface area contributed by atoms with Crippen LogP contribution in [0.1, 0.15) is 35.7 Å². The SMILES string of the molecule is CCc1occc1C(N)Cc1cc(C)nn1C. The van der Waals surface area contributed by atoms with Gasteiger partial charge in [-0.25, -0.2) is 0 Å². The number of aromatic nitrogens is 2. The lowest BCUT2D eigenvalue weighted by Crippen LogP contribution is -2.16. The monoisotopic (exact) mass is 233 g/mol. The molecule has 1 atom stereocenters. The lowest BCUT2D eigenvalue weighted by Gasteiger charge is -2.11. The highest BCUT2D eigenvalue weighted by Crippen LogP contribution is 2.21. The molecule has 2 heterocycles. The number of rotatable bonds is 4. The highest BCUT2D eigenvalue weighted by Gasteiger charge is 2.15. The van der Waals surface area contributed by atoms with Crippen LogP contribution in [0.25, 0.3) is 0 Å². The van der Waals surface area contributed by atoms with Crippen LogP contribution in [0, 0.1) is 6.92 Å². The van der Waals surface area contributed by atoms with Crippen molar-refractivity contribution >= 4 is 0 Å². The molecule has 4 nitrogen and oxygen atoms in total. The van der Waals surface area contributed by atoms with Gasteiger partial charge in [0.15, 0.2) is 0 Å². The van der Waals surface area contributed by atoms with Gasteiger partial charge in [-0.15, -0.1) is 0 Å². The first-order chi connectivity index (χ1) is 8.11. The number of aryl methyl sites for hydroxylation is 3. The molecule has 17 heavy (non-hydrogen) atoms. The van der Waals surface area contributed by atoms with E-state index in [1.807, 2.05) is 24.7 Å². The fourth-order valence-corrected chi connectivity index (χ4v) is 2.16. The molecule has 0 aromatic carbocycles. The van der Waals surface area contributed by atoms with E-state index in [9.17, 15) is 0 Å². The summed E-state index contributed by atoms with van der Waals surface area (Å²) in [5, 5.41) is 4.33. The summed E-state index contributed by atoms with van der Waals surface area (Å²) in [6.07, 6.45) is 3.37. The Morgan fingerprint density at radius 1 is 1.53 bits per heavy atom. The van der Waals surface area contributed by atoms with Crippen LogP contribution in [0.4, 0.5) is 0 Å². The number of hydrogen-bond donors (Lipinski definition) is 1. The van der Waals surface area contributed by atoms with Gasteiger partial charge in [0, 0.05) is 37.2 Å². The number of furan rings is 1. The first-order valence-electron chi connectivity index (χ1n) is 5.93. The quantitative estimate of drug-likeness (QED) is 0.880. The van der Waals surface area contributed by atoms with Crippen LogP contribution in [0.2, 0.25) is 0 Å². The highest BCUT2D eigenvalue weighted by molar-refractivity contribution is 5.23. The molecule has 0 amide bonds. The maximum Gasteiger partial charge on any atom is 0.108 e. The van der Waals surface area contributed by atoms with Gasteiger partial charge in [-0.2, -0.15) is 5.10 Å². The average molecular weight is 233 g/mol. The molecule has 92 valence electrons. The minimum atomic E-state index is -0.0292. The molecular weight excluding hydrogens is 214 g/mol. The van der Waals surface area contributed by atoms with Gasteiger partial charge in [0.1, 0.15) is 5.76 Å². The Hall–Kier alpha value is -1.55. The molecule has 0 saturated carbocycles. The summed E-state index contributed by atoms with van der Waals surface area (Å²) in [5.41, 5.74) is 9.50. The predicted molar refractivity (Wildman–Crippen MR) is 66.7 cm³/mol. The summed E-state index contributed by atoms with van der Waals surface area (Å²) in [4.78, 5) is 0. The van der Waals surface area contributed by atoms with Gasteiger partial charge in [0.2, 0.25) is 0 Å². The van der Waals surface area contributed by atoms with Gasteiger partial charge in [-0.1, -0.05) is 6.92 Å². The van der Waals surface area contributed by atoms with E-state index in [2.05, 4.69) is 18.1 Å². The van der Waals surface area contributed by atoms with E-state index in [0.29, 0.717) is 0 Å². The molecule has 4 heteroatoms. The van der Waals surface area contributed by atoms with Gasteiger partial charge in [-0.3, -0.25) is 4.68 Å². The second-order valence-corrected chi connectivity index (χ2v) is 4.36. The third kappa shape index (κ3) is 2.42. The zero-order chi connectivity index (χ0) is 12.4. The standard InChI is InChI=1S/C13H19N3O/c1-4-13-11(5-6-17-13)12(14)8-10-7-9(2)15-16(10)3/h5-7,12H,4,8,14H2,1-3H3. The molecule has 0 spiro atoms. The van der Waals surface area contributed by atoms with Crippen molar-refractivity contribution in [2.75, 3.05) is 0 Å². The van der Waals surface area contributed by atoms with E-state index in [1.54, 1.807) is 6.26 Å². The minimum Gasteiger partial charge on any atom is -0.469 e. The van der Waals surface area contributed by atoms with Gasteiger partial charge in [-0.05, 0) is 19.1 Å². The van der Waals surface area contributed by atoms with Crippen LogP contribution in [-0.4, -0.2) is 9.78 Å². The first kappa shape index (κ1) is 11.9. The lowest BCUT2D eigenvalue weighted by molar-refractivity contribution is 0.504. The van der Waals surface area contributed by atoms with Crippen LogP contribution in [-0.2, 0) is 19.9 Å². The van der Waals surface area contributed by atoms with Crippen molar-refractivity contribution in [1.29, 1.82) is 0 Å². The molecule has 0 bridgehead atoms. The first-order valence-corrected chi connectivity index (χ1v) is 5.93. The van der Waals surface area contributed by atoms with Gasteiger partial charge in [0.25, 0.3) is 0 Å². The van der Waals surface area contributed by atoms with Crippen molar-refractivity contribution in [2.24, 2.45) is 12.8 Å². The largest absolute Gasteiger partial charge is 0.469 e. The molecule has 2 aromatic heterocycles. The third-order valence-electron chi connectivity index (χ3n) is 3.03. The van der Waals surface area contributed by atoms with Crippen LogP contribution in [0.3, 0.4) is 0 Å². The lowest BCUT2D eigenvalue weighted by atomic mass is 10.0. The van der Waals surface area contributed by atoms with Crippen molar-refractivity contribution < 1.29 is 4.42 Å². The van der Waals surface area contributed by atoms with Gasteiger partial charge >= 0.3 is 0 Å². The Morgan fingerprint density at radius 3 is 2.88 bits per heavy atom. The van der Waals surface area contributed by atoms with Crippen molar-refractivity contribution in [2.45, 2.75) is 32.7 Å². The number of hydrogen-bond acceptors (Lipinski definition) is 3. The van der Waals surface area contributed by atoms with E-state index in [0.717, 1.165) is 35.6 Å². The fourth-order valence-electron chi connectivity index (χ4n) is 2.16. The van der Waals surface area contributed by atoms with Crippen molar-refractivity contribution in [3.8, 4) is 0 Å². The van der Waals surface area contributed by atoms with E-state index in [1.165, 1.54) is 0 Å². The zero-order valence-electron chi connectivity index (χ0n) is 10.6. The summed E-state index contributed by atoms with van der Waals surface area (Å²) in [7, 11) is 1.95. The number of nitrogens with zero attached hydrogens (tertiary/aromatic N) is 2. The average Bonchev–Trinajstić information content (AvgIpc) is 2.85. The Bertz CT molecular complexity index is 498. The van der Waals surface area contributed by atoms with E-state index in [-0.39, 0.29) is 6.04 Å². The Morgan fingerprint density at radius 2 is 2.29 bits per heavy atom. The second kappa shape index (κ2) is 4.75. The normalized spacial score (nSPS) is 12.9. The smallest absolute Gasteiger partial charge is 0.108 e. The Kier molecular flexibility index (Phi) is 3.33. The molecule has 0 aliphatic carbocycles. The molecule has 1 unspecified atom stereocenters. The fraction of sp³-hybridized carbons (Fsp3) is 0.462. The maximum atomic E-state index is 6.22. The van der Waals surface area contributed by atoms with Crippen LogP contribution in [0.15, 0.2) is 22.8 Å². The Labute approximate surface area is 101 Å². The van der Waals surface area contributed by atoms with Crippen molar-refractivity contribution in [3.63, 3.8) is 0 Å². The zero-order valence-corrected chi connectivity index (χ0v) is 10.6. The maximum absolute atomic E-state index is 6.22. The number of nitrogens with two attached hydrogens (primary N) is 1. The summed E-state index contributed by atoms with van der Waals surface area (Å²) in [6.45, 7) is 4.06. The molecule has 2 rings (SSSR count). The minimum absolute atomic E-state index is 0.0292. The van der Waals surface area contributed by atoms with Crippen LogP contribution < -0.4 is 5.73 Å². The van der Waals surface area contributed by atoms with E-state index >= 15 is 0 Å². The molecule has 0 saturated heterocycles. The third-order valence-corrected chi connectivity index (χ3v) is 3.03. The predicted octanol–water partition coefficient (Wildman–Crippen LogP) is 2.13. The molecule has 2 N–H and O–H groups in total. The molecule has 2 aromatic rings. The molecule has 0 radical (unpaired) electrons. The highest BCUT2D eigenvalue weighted by atomic mass is 16.3. The molecule has 0 aliphatic rings. The summed E-state index contributed by atoms with van der Waals surface area (Å²) < 4.78 is 7.30. The molecule has 0 aliphatic heterocycles. The topological polar surface area (TPSA) is 57.0 Å².